The number of thiazole rings is 1. The summed E-state index contributed by atoms with van der Waals surface area (Å²) in [5, 5.41) is 4.65. The Labute approximate surface area is 133 Å². The number of anilines is 1. The second kappa shape index (κ2) is 6.00. The van der Waals surface area contributed by atoms with E-state index >= 15 is 0 Å². The van der Waals surface area contributed by atoms with Gasteiger partial charge in [-0.25, -0.2) is 9.97 Å². The fourth-order valence-electron chi connectivity index (χ4n) is 2.56. The van der Waals surface area contributed by atoms with Gasteiger partial charge in [-0.3, -0.25) is 4.79 Å². The summed E-state index contributed by atoms with van der Waals surface area (Å²) in [6.07, 6.45) is 2.65. The van der Waals surface area contributed by atoms with Gasteiger partial charge in [-0.05, 0) is 6.92 Å². The second-order valence-corrected chi connectivity index (χ2v) is 6.49. The SMILES string of the molecule is CC(=O)OCCc1sc2[n+](c1C)Cc1cnc(C)nc1NC2. The number of ether oxygens (including phenoxy) is 1. The summed E-state index contributed by atoms with van der Waals surface area (Å²) in [6.45, 7) is 7.41. The standard InChI is InChI=1S/C15H19N4O2S/c1-9-13(4-5-21-11(3)20)22-14-7-17-15-12(8-19(9)14)6-16-10(2)18-15/h6H,4-5,7-8H2,1-3H3,(H,16,17,18)/q+1. The summed E-state index contributed by atoms with van der Waals surface area (Å²) in [6, 6.07) is 0. The maximum absolute atomic E-state index is 10.9. The van der Waals surface area contributed by atoms with Crippen molar-refractivity contribution in [2.75, 3.05) is 11.9 Å². The molecule has 0 unspecified atom stereocenters. The third-order valence-corrected chi connectivity index (χ3v) is 5.05. The average Bonchev–Trinajstić information content (AvgIpc) is 2.66. The summed E-state index contributed by atoms with van der Waals surface area (Å²) >= 11 is 1.76. The van der Waals surface area contributed by atoms with Crippen LogP contribution < -0.4 is 9.88 Å². The molecule has 0 aliphatic carbocycles. The van der Waals surface area contributed by atoms with Gasteiger partial charge in [-0.2, -0.15) is 4.57 Å². The maximum atomic E-state index is 10.9. The van der Waals surface area contributed by atoms with Crippen LogP contribution >= 0.6 is 11.3 Å². The van der Waals surface area contributed by atoms with Gasteiger partial charge in [-0.1, -0.05) is 11.3 Å². The van der Waals surface area contributed by atoms with Crippen LogP contribution in [0.15, 0.2) is 6.20 Å². The molecule has 0 saturated heterocycles. The highest BCUT2D eigenvalue weighted by Crippen LogP contribution is 2.23. The molecule has 3 rings (SSSR count). The predicted molar refractivity (Wildman–Crippen MR) is 82.8 cm³/mol. The number of fused-ring (bicyclic) bond motifs is 2. The van der Waals surface area contributed by atoms with E-state index in [2.05, 4.69) is 26.8 Å². The molecule has 7 heteroatoms. The van der Waals surface area contributed by atoms with E-state index in [9.17, 15) is 4.79 Å². The van der Waals surface area contributed by atoms with E-state index in [1.807, 2.05) is 13.1 Å². The van der Waals surface area contributed by atoms with Crippen LogP contribution in [0, 0.1) is 13.8 Å². The summed E-state index contributed by atoms with van der Waals surface area (Å²) in [5.41, 5.74) is 2.32. The molecule has 3 heterocycles. The number of carbonyl (C=O) groups is 1. The second-order valence-electron chi connectivity index (χ2n) is 5.33. The van der Waals surface area contributed by atoms with E-state index in [0.29, 0.717) is 6.61 Å². The Morgan fingerprint density at radius 2 is 2.32 bits per heavy atom. The van der Waals surface area contributed by atoms with Crippen molar-refractivity contribution in [3.63, 3.8) is 0 Å². The number of esters is 1. The minimum absolute atomic E-state index is 0.230. The van der Waals surface area contributed by atoms with E-state index in [-0.39, 0.29) is 5.97 Å². The Bertz CT molecular complexity index is 727. The van der Waals surface area contributed by atoms with E-state index in [1.165, 1.54) is 22.5 Å². The van der Waals surface area contributed by atoms with Crippen LogP contribution in [-0.2, 0) is 29.0 Å². The smallest absolute Gasteiger partial charge is 0.302 e. The Morgan fingerprint density at radius 3 is 3.09 bits per heavy atom. The predicted octanol–water partition coefficient (Wildman–Crippen LogP) is 1.52. The number of aromatic nitrogens is 3. The number of hydrogen-bond acceptors (Lipinski definition) is 6. The fraction of sp³-hybridized carbons (Fsp3) is 0.467. The first-order valence-corrected chi connectivity index (χ1v) is 8.07. The Kier molecular flexibility index (Phi) is 4.06. The molecule has 116 valence electrons. The van der Waals surface area contributed by atoms with Gasteiger partial charge in [0.15, 0.2) is 12.2 Å². The Balaban J connectivity index is 1.84. The summed E-state index contributed by atoms with van der Waals surface area (Å²) in [5.74, 6) is 1.47. The van der Waals surface area contributed by atoms with Gasteiger partial charge in [-0.15, -0.1) is 0 Å². The van der Waals surface area contributed by atoms with E-state index in [4.69, 9.17) is 4.74 Å². The number of hydrogen-bond donors (Lipinski definition) is 1. The van der Waals surface area contributed by atoms with Gasteiger partial charge < -0.3 is 10.1 Å². The summed E-state index contributed by atoms with van der Waals surface area (Å²) in [4.78, 5) is 20.9. The first-order chi connectivity index (χ1) is 10.5. The molecule has 22 heavy (non-hydrogen) atoms. The third kappa shape index (κ3) is 2.94. The molecule has 0 aromatic carbocycles. The average molecular weight is 319 g/mol. The highest BCUT2D eigenvalue weighted by Gasteiger charge is 2.27. The molecule has 0 saturated carbocycles. The van der Waals surface area contributed by atoms with E-state index < -0.39 is 0 Å². The zero-order valence-electron chi connectivity index (χ0n) is 13.0. The lowest BCUT2D eigenvalue weighted by molar-refractivity contribution is -0.695. The van der Waals surface area contributed by atoms with Crippen LogP contribution in [-0.4, -0.2) is 22.5 Å². The fourth-order valence-corrected chi connectivity index (χ4v) is 3.74. The highest BCUT2D eigenvalue weighted by atomic mass is 32.1. The largest absolute Gasteiger partial charge is 0.465 e. The third-order valence-electron chi connectivity index (χ3n) is 3.71. The zero-order chi connectivity index (χ0) is 15.7. The number of nitrogens with one attached hydrogen (secondary N) is 1. The maximum Gasteiger partial charge on any atom is 0.302 e. The van der Waals surface area contributed by atoms with Crippen molar-refractivity contribution >= 4 is 23.1 Å². The van der Waals surface area contributed by atoms with Gasteiger partial charge in [0.2, 0.25) is 0 Å². The lowest BCUT2D eigenvalue weighted by Crippen LogP contribution is -2.38. The van der Waals surface area contributed by atoms with Gasteiger partial charge in [0.1, 0.15) is 18.2 Å². The van der Waals surface area contributed by atoms with Gasteiger partial charge in [0, 0.05) is 26.5 Å². The van der Waals surface area contributed by atoms with Crippen LogP contribution in [0.25, 0.3) is 0 Å². The molecule has 2 aromatic rings. The topological polar surface area (TPSA) is 68.0 Å². The number of aryl methyl sites for hydroxylation is 1. The van der Waals surface area contributed by atoms with Crippen molar-refractivity contribution in [3.05, 3.63) is 33.2 Å². The van der Waals surface area contributed by atoms with Crippen molar-refractivity contribution in [1.29, 1.82) is 0 Å². The number of rotatable bonds is 3. The molecule has 0 atom stereocenters. The molecular weight excluding hydrogens is 300 g/mol. The first kappa shape index (κ1) is 14.9. The van der Waals surface area contributed by atoms with Crippen LogP contribution in [0.4, 0.5) is 5.82 Å². The molecule has 1 aliphatic rings. The zero-order valence-corrected chi connectivity index (χ0v) is 13.8. The van der Waals surface area contributed by atoms with Crippen molar-refractivity contribution in [2.24, 2.45) is 0 Å². The highest BCUT2D eigenvalue weighted by molar-refractivity contribution is 7.11. The lowest BCUT2D eigenvalue weighted by Gasteiger charge is -2.04. The van der Waals surface area contributed by atoms with Crippen molar-refractivity contribution in [3.8, 4) is 0 Å². The van der Waals surface area contributed by atoms with Gasteiger partial charge in [0.05, 0.1) is 17.0 Å². The monoisotopic (exact) mass is 319 g/mol. The quantitative estimate of drug-likeness (QED) is 0.686. The Morgan fingerprint density at radius 1 is 1.50 bits per heavy atom. The Hall–Kier alpha value is -2.02. The van der Waals surface area contributed by atoms with Gasteiger partial charge >= 0.3 is 5.97 Å². The molecule has 2 aromatic heterocycles. The molecule has 6 nitrogen and oxygen atoms in total. The molecule has 0 bridgehead atoms. The molecule has 0 amide bonds. The summed E-state index contributed by atoms with van der Waals surface area (Å²) in [7, 11) is 0. The molecule has 1 aliphatic heterocycles. The van der Waals surface area contributed by atoms with Crippen molar-refractivity contribution in [2.45, 2.75) is 40.3 Å². The van der Waals surface area contributed by atoms with Crippen molar-refractivity contribution in [1.82, 2.24) is 9.97 Å². The molecule has 0 spiro atoms. The number of carbonyl (C=O) groups excluding carboxylic acids is 1. The lowest BCUT2D eigenvalue weighted by atomic mass is 10.2. The van der Waals surface area contributed by atoms with Gasteiger partial charge in [0.25, 0.3) is 5.01 Å². The van der Waals surface area contributed by atoms with Crippen LogP contribution in [0.3, 0.4) is 0 Å². The minimum atomic E-state index is -0.230. The van der Waals surface area contributed by atoms with Crippen molar-refractivity contribution < 1.29 is 14.1 Å². The number of nitrogens with zero attached hydrogens (tertiary/aromatic N) is 3. The molecule has 0 radical (unpaired) electrons. The van der Waals surface area contributed by atoms with E-state index in [0.717, 1.165) is 36.7 Å². The van der Waals surface area contributed by atoms with Crippen LogP contribution in [0.1, 0.15) is 33.9 Å². The normalized spacial score (nSPS) is 12.9. The molecule has 0 fully saturated rings. The molecule has 1 N–H and O–H groups in total. The molecular formula is C15H19N4O2S+. The minimum Gasteiger partial charge on any atom is -0.465 e. The first-order valence-electron chi connectivity index (χ1n) is 7.25. The summed E-state index contributed by atoms with van der Waals surface area (Å²) < 4.78 is 7.35. The van der Waals surface area contributed by atoms with Crippen LogP contribution in [0.5, 0.6) is 0 Å². The van der Waals surface area contributed by atoms with Crippen LogP contribution in [0.2, 0.25) is 0 Å². The van der Waals surface area contributed by atoms with E-state index in [1.54, 1.807) is 11.3 Å².